The van der Waals surface area contributed by atoms with Crippen molar-refractivity contribution < 1.29 is 0 Å². The van der Waals surface area contributed by atoms with Gasteiger partial charge in [0.25, 0.3) is 0 Å². The number of aromatic nitrogens is 1. The molecular weight excluding hydrogens is 184 g/mol. The molecule has 1 atom stereocenters. The summed E-state index contributed by atoms with van der Waals surface area (Å²) in [7, 11) is 0. The van der Waals surface area contributed by atoms with Crippen LogP contribution in [0.15, 0.2) is 24.5 Å². The van der Waals surface area contributed by atoms with Gasteiger partial charge in [0.2, 0.25) is 0 Å². The van der Waals surface area contributed by atoms with Crippen molar-refractivity contribution in [1.82, 2.24) is 9.88 Å². The molecule has 0 amide bonds. The van der Waals surface area contributed by atoms with Crippen LogP contribution in [0.5, 0.6) is 0 Å². The van der Waals surface area contributed by atoms with Gasteiger partial charge in [-0.25, -0.2) is 0 Å². The van der Waals surface area contributed by atoms with E-state index in [1.54, 1.807) is 0 Å². The summed E-state index contributed by atoms with van der Waals surface area (Å²) in [6, 6.07) is 2.60. The Morgan fingerprint density at radius 3 is 2.87 bits per heavy atom. The molecule has 0 aliphatic rings. The van der Waals surface area contributed by atoms with Crippen molar-refractivity contribution in [2.24, 2.45) is 0 Å². The highest BCUT2D eigenvalue weighted by Gasteiger charge is 1.94. The largest absolute Gasteiger partial charge is 0.354 e. The first-order valence-corrected chi connectivity index (χ1v) is 5.83. The van der Waals surface area contributed by atoms with Crippen molar-refractivity contribution in [2.45, 2.75) is 39.8 Å². The fourth-order valence-electron chi connectivity index (χ4n) is 1.45. The third-order valence-electron chi connectivity index (χ3n) is 2.43. The van der Waals surface area contributed by atoms with Crippen LogP contribution in [-0.4, -0.2) is 17.2 Å². The predicted molar refractivity (Wildman–Crippen MR) is 66.9 cm³/mol. The number of nitrogens with zero attached hydrogens (tertiary/aromatic N) is 1. The topological polar surface area (TPSA) is 17.0 Å². The van der Waals surface area contributed by atoms with Crippen LogP contribution in [0.4, 0.5) is 0 Å². The van der Waals surface area contributed by atoms with Crippen LogP contribution in [0.2, 0.25) is 0 Å². The van der Waals surface area contributed by atoms with Crippen LogP contribution < -0.4 is 5.32 Å². The highest BCUT2D eigenvalue weighted by atomic mass is 14.9. The Bertz CT molecular complexity index is 299. The lowest BCUT2D eigenvalue weighted by Gasteiger charge is -2.06. The Labute approximate surface area is 93.0 Å². The lowest BCUT2D eigenvalue weighted by Crippen LogP contribution is -2.24. The van der Waals surface area contributed by atoms with E-state index in [9.17, 15) is 0 Å². The molecule has 0 spiro atoms. The van der Waals surface area contributed by atoms with E-state index >= 15 is 0 Å². The fourth-order valence-corrected chi connectivity index (χ4v) is 1.45. The predicted octanol–water partition coefficient (Wildman–Crippen LogP) is 2.91. The summed E-state index contributed by atoms with van der Waals surface area (Å²) in [6.45, 7) is 8.64. The summed E-state index contributed by atoms with van der Waals surface area (Å²) in [4.78, 5) is 0. The van der Waals surface area contributed by atoms with Gasteiger partial charge >= 0.3 is 0 Å². The summed E-state index contributed by atoms with van der Waals surface area (Å²) >= 11 is 0. The molecule has 84 valence electrons. The molecule has 0 aliphatic carbocycles. The molecule has 1 aromatic rings. The van der Waals surface area contributed by atoms with Crippen LogP contribution in [0, 0.1) is 0 Å². The van der Waals surface area contributed by atoms with Gasteiger partial charge in [-0.3, -0.25) is 0 Å². The monoisotopic (exact) mass is 206 g/mol. The van der Waals surface area contributed by atoms with Gasteiger partial charge in [0, 0.05) is 25.0 Å². The summed E-state index contributed by atoms with van der Waals surface area (Å²) in [6.07, 6.45) is 9.86. The molecule has 0 aliphatic heterocycles. The molecule has 1 unspecified atom stereocenters. The average Bonchev–Trinajstić information content (AvgIpc) is 2.71. The highest BCUT2D eigenvalue weighted by Crippen LogP contribution is 2.04. The first kappa shape index (κ1) is 12.1. The van der Waals surface area contributed by atoms with E-state index in [1.165, 1.54) is 12.0 Å². The number of rotatable bonds is 6. The molecule has 0 saturated carbocycles. The second-order valence-electron chi connectivity index (χ2n) is 3.88. The van der Waals surface area contributed by atoms with Crippen molar-refractivity contribution in [3.05, 3.63) is 30.1 Å². The Balaban J connectivity index is 2.42. The third-order valence-corrected chi connectivity index (χ3v) is 2.43. The summed E-state index contributed by atoms with van der Waals surface area (Å²) in [5.41, 5.74) is 1.28. The molecule has 0 fully saturated rings. The highest BCUT2D eigenvalue weighted by molar-refractivity contribution is 5.48. The van der Waals surface area contributed by atoms with Gasteiger partial charge < -0.3 is 9.88 Å². The number of hydrogen-bond acceptors (Lipinski definition) is 1. The molecule has 2 heteroatoms. The van der Waals surface area contributed by atoms with Gasteiger partial charge in [0.05, 0.1) is 0 Å². The molecule has 0 aromatic carbocycles. The normalized spacial score (nSPS) is 13.5. The van der Waals surface area contributed by atoms with Crippen LogP contribution in [0.3, 0.4) is 0 Å². The van der Waals surface area contributed by atoms with Gasteiger partial charge in [-0.15, -0.1) is 0 Å². The molecule has 0 radical (unpaired) electrons. The van der Waals surface area contributed by atoms with Gasteiger partial charge in [0.1, 0.15) is 0 Å². The summed E-state index contributed by atoms with van der Waals surface area (Å²) < 4.78 is 2.18. The minimum atomic E-state index is 0.454. The van der Waals surface area contributed by atoms with Crippen LogP contribution in [0.25, 0.3) is 6.08 Å². The van der Waals surface area contributed by atoms with E-state index < -0.39 is 0 Å². The fraction of sp³-hybridized carbons (Fsp3) is 0.538. The molecule has 1 rings (SSSR count). The minimum absolute atomic E-state index is 0.454. The zero-order valence-corrected chi connectivity index (χ0v) is 10.0. The molecule has 1 N–H and O–H groups in total. The second-order valence-corrected chi connectivity index (χ2v) is 3.88. The maximum atomic E-state index is 3.43. The Morgan fingerprint density at radius 2 is 2.27 bits per heavy atom. The Kier molecular flexibility index (Phi) is 5.19. The Morgan fingerprint density at radius 1 is 1.47 bits per heavy atom. The maximum Gasteiger partial charge on any atom is 0.0224 e. The minimum Gasteiger partial charge on any atom is -0.354 e. The lowest BCUT2D eigenvalue weighted by atomic mass is 10.2. The van der Waals surface area contributed by atoms with E-state index in [1.807, 2.05) is 0 Å². The van der Waals surface area contributed by atoms with Crippen LogP contribution in [0.1, 0.15) is 32.8 Å². The van der Waals surface area contributed by atoms with Crippen molar-refractivity contribution in [3.63, 3.8) is 0 Å². The SMILES string of the molecule is CCCNC(C)/C=C/c1ccn(CC)c1. The molecule has 1 aromatic heterocycles. The smallest absolute Gasteiger partial charge is 0.0224 e. The zero-order chi connectivity index (χ0) is 11.1. The first-order valence-electron chi connectivity index (χ1n) is 5.83. The number of nitrogens with one attached hydrogen (secondary N) is 1. The maximum absolute atomic E-state index is 3.43. The molecular formula is C13H22N2. The van der Waals surface area contributed by atoms with Crippen molar-refractivity contribution in [2.75, 3.05) is 6.54 Å². The summed E-state index contributed by atoms with van der Waals surface area (Å²) in [5.74, 6) is 0. The first-order chi connectivity index (χ1) is 7.26. The third kappa shape index (κ3) is 4.34. The quantitative estimate of drug-likeness (QED) is 0.757. The average molecular weight is 206 g/mol. The van der Waals surface area contributed by atoms with Crippen LogP contribution in [-0.2, 0) is 6.54 Å². The van der Waals surface area contributed by atoms with E-state index in [-0.39, 0.29) is 0 Å². The van der Waals surface area contributed by atoms with E-state index in [0.29, 0.717) is 6.04 Å². The molecule has 1 heterocycles. The van der Waals surface area contributed by atoms with Crippen molar-refractivity contribution in [3.8, 4) is 0 Å². The molecule has 0 saturated heterocycles. The molecule has 0 bridgehead atoms. The van der Waals surface area contributed by atoms with Gasteiger partial charge in [-0.1, -0.05) is 19.1 Å². The van der Waals surface area contributed by atoms with Gasteiger partial charge in [0.15, 0.2) is 0 Å². The van der Waals surface area contributed by atoms with E-state index in [4.69, 9.17) is 0 Å². The number of aryl methyl sites for hydroxylation is 1. The Hall–Kier alpha value is -1.02. The molecule has 15 heavy (non-hydrogen) atoms. The van der Waals surface area contributed by atoms with Crippen molar-refractivity contribution >= 4 is 6.08 Å². The van der Waals surface area contributed by atoms with E-state index in [0.717, 1.165) is 13.1 Å². The van der Waals surface area contributed by atoms with E-state index in [2.05, 4.69) is 61.3 Å². The van der Waals surface area contributed by atoms with Gasteiger partial charge in [-0.05, 0) is 38.4 Å². The summed E-state index contributed by atoms with van der Waals surface area (Å²) in [5, 5.41) is 3.43. The van der Waals surface area contributed by atoms with Crippen LogP contribution >= 0.6 is 0 Å². The second kappa shape index (κ2) is 6.46. The standard InChI is InChI=1S/C13H22N2/c1-4-9-14-12(3)6-7-13-8-10-15(5-2)11-13/h6-8,10-12,14H,4-5,9H2,1-3H3/b7-6+. The van der Waals surface area contributed by atoms with Crippen molar-refractivity contribution in [1.29, 1.82) is 0 Å². The zero-order valence-electron chi connectivity index (χ0n) is 10.0. The molecule has 2 nitrogen and oxygen atoms in total. The van der Waals surface area contributed by atoms with Gasteiger partial charge in [-0.2, -0.15) is 0 Å². The number of hydrogen-bond donors (Lipinski definition) is 1. The lowest BCUT2D eigenvalue weighted by molar-refractivity contribution is 0.625.